The molecule has 0 aliphatic carbocycles. The summed E-state index contributed by atoms with van der Waals surface area (Å²) in [6.45, 7) is -0.478. The van der Waals surface area contributed by atoms with E-state index in [1.54, 1.807) is 0 Å². The van der Waals surface area contributed by atoms with Crippen molar-refractivity contribution in [2.24, 2.45) is 0 Å². The zero-order valence-corrected chi connectivity index (χ0v) is 13.1. The Balaban J connectivity index is 1.97. The molecule has 2 aromatic carbocycles. The fraction of sp³-hybridized carbons (Fsp3) is 0.0667. The van der Waals surface area contributed by atoms with Crippen LogP contribution in [0.3, 0.4) is 0 Å². The number of nitrogens with one attached hydrogen (secondary N) is 2. The number of hydrogen-bond donors (Lipinski definition) is 2. The Morgan fingerprint density at radius 2 is 1.84 bits per heavy atom. The Morgan fingerprint density at radius 3 is 2.48 bits per heavy atom. The highest BCUT2D eigenvalue weighted by Crippen LogP contribution is 2.24. The zero-order chi connectivity index (χ0) is 18.6. The van der Waals surface area contributed by atoms with Crippen LogP contribution in [0.4, 0.5) is 20.2 Å². The molecule has 0 unspecified atom stereocenters. The smallest absolute Gasteiger partial charge is 0.288 e. The summed E-state index contributed by atoms with van der Waals surface area (Å²) in [5, 5.41) is 15.2. The van der Waals surface area contributed by atoms with Crippen LogP contribution in [0.1, 0.15) is 10.4 Å². The molecule has 0 aliphatic rings. The predicted molar refractivity (Wildman–Crippen MR) is 85.4 cm³/mol. The minimum atomic E-state index is -1.13. The van der Waals surface area contributed by atoms with Crippen molar-refractivity contribution in [3.05, 3.63) is 68.7 Å². The van der Waals surface area contributed by atoms with Gasteiger partial charge in [-0.3, -0.25) is 19.7 Å². The highest BCUT2D eigenvalue weighted by atomic mass is 35.5. The lowest BCUT2D eigenvalue weighted by Gasteiger charge is -2.07. The van der Waals surface area contributed by atoms with Crippen molar-refractivity contribution in [1.29, 1.82) is 0 Å². The highest BCUT2D eigenvalue weighted by Gasteiger charge is 2.16. The number of carbonyl (C=O) groups excluding carboxylic acids is 2. The maximum absolute atomic E-state index is 13.0. The molecular formula is C15H10ClF2N3O4. The molecule has 0 heterocycles. The number of anilines is 1. The van der Waals surface area contributed by atoms with Gasteiger partial charge >= 0.3 is 0 Å². The number of amides is 2. The minimum Gasteiger partial charge on any atom is -0.343 e. The predicted octanol–water partition coefficient (Wildman–Crippen LogP) is 2.89. The average molecular weight is 370 g/mol. The molecule has 0 saturated heterocycles. The molecule has 10 heteroatoms. The number of nitro benzene ring substituents is 1. The van der Waals surface area contributed by atoms with Crippen LogP contribution in [-0.4, -0.2) is 23.3 Å². The number of halogens is 3. The molecule has 0 saturated carbocycles. The highest BCUT2D eigenvalue weighted by molar-refractivity contribution is 6.32. The molecule has 0 radical (unpaired) electrons. The number of hydrogen-bond acceptors (Lipinski definition) is 4. The van der Waals surface area contributed by atoms with Crippen LogP contribution in [0.15, 0.2) is 36.4 Å². The number of nitrogens with zero attached hydrogens (tertiary/aromatic N) is 1. The van der Waals surface area contributed by atoms with Gasteiger partial charge in [0.2, 0.25) is 5.91 Å². The molecule has 2 aromatic rings. The van der Waals surface area contributed by atoms with Crippen LogP contribution < -0.4 is 10.6 Å². The molecule has 7 nitrogen and oxygen atoms in total. The third-order valence-corrected chi connectivity index (χ3v) is 3.34. The normalized spacial score (nSPS) is 10.2. The largest absolute Gasteiger partial charge is 0.343 e. The SMILES string of the molecule is O=C(CNC(=O)c1ccc(Cl)c([N+](=O)[O-])c1)Nc1ccc(F)c(F)c1. The topological polar surface area (TPSA) is 101 Å². The van der Waals surface area contributed by atoms with Gasteiger partial charge in [-0.2, -0.15) is 0 Å². The summed E-state index contributed by atoms with van der Waals surface area (Å²) in [6, 6.07) is 6.22. The molecule has 2 amide bonds. The van der Waals surface area contributed by atoms with Crippen molar-refractivity contribution >= 4 is 34.8 Å². The molecule has 0 aliphatic heterocycles. The average Bonchev–Trinajstić information content (AvgIpc) is 2.56. The number of carbonyl (C=O) groups is 2. The maximum Gasteiger partial charge on any atom is 0.288 e. The Morgan fingerprint density at radius 1 is 1.12 bits per heavy atom. The standard InChI is InChI=1S/C15H10ClF2N3O4/c16-10-3-1-8(5-13(10)21(24)25)15(23)19-7-14(22)20-9-2-4-11(17)12(18)6-9/h1-6H,7H2,(H,19,23)(H,20,22). The summed E-state index contributed by atoms with van der Waals surface area (Å²) in [6.07, 6.45) is 0. The number of rotatable bonds is 5. The lowest BCUT2D eigenvalue weighted by molar-refractivity contribution is -0.384. The van der Waals surface area contributed by atoms with Crippen LogP contribution >= 0.6 is 11.6 Å². The first-order chi connectivity index (χ1) is 11.8. The Bertz CT molecular complexity index is 861. The molecular weight excluding hydrogens is 360 g/mol. The van der Waals surface area contributed by atoms with Crippen LogP contribution in [0, 0.1) is 21.7 Å². The van der Waals surface area contributed by atoms with E-state index in [1.165, 1.54) is 12.1 Å². The second kappa shape index (κ2) is 7.67. The van der Waals surface area contributed by atoms with Gasteiger partial charge in [-0.05, 0) is 24.3 Å². The van der Waals surface area contributed by atoms with E-state index in [1.807, 2.05) is 0 Å². The van der Waals surface area contributed by atoms with Crippen molar-refractivity contribution in [3.8, 4) is 0 Å². The first-order valence-corrected chi connectivity index (χ1v) is 7.13. The Hall–Kier alpha value is -3.07. The number of benzene rings is 2. The second-order valence-corrected chi connectivity index (χ2v) is 5.19. The van der Waals surface area contributed by atoms with Crippen LogP contribution in [0.2, 0.25) is 5.02 Å². The third-order valence-electron chi connectivity index (χ3n) is 3.02. The van der Waals surface area contributed by atoms with Crippen molar-refractivity contribution < 1.29 is 23.3 Å². The summed E-state index contributed by atoms with van der Waals surface area (Å²) < 4.78 is 25.8. The minimum absolute atomic E-state index is 0.0141. The molecule has 0 bridgehead atoms. The van der Waals surface area contributed by atoms with Crippen molar-refractivity contribution in [2.45, 2.75) is 0 Å². The molecule has 0 aromatic heterocycles. The fourth-order valence-corrected chi connectivity index (χ4v) is 2.02. The Kier molecular flexibility index (Phi) is 5.60. The monoisotopic (exact) mass is 369 g/mol. The van der Waals surface area contributed by atoms with Crippen LogP contribution in [-0.2, 0) is 4.79 Å². The zero-order valence-electron chi connectivity index (χ0n) is 12.4. The Labute approximate surface area is 144 Å². The van der Waals surface area contributed by atoms with Gasteiger partial charge in [0, 0.05) is 23.4 Å². The van der Waals surface area contributed by atoms with Crippen molar-refractivity contribution in [3.63, 3.8) is 0 Å². The van der Waals surface area contributed by atoms with Crippen LogP contribution in [0.5, 0.6) is 0 Å². The van der Waals surface area contributed by atoms with E-state index in [-0.39, 0.29) is 16.3 Å². The van der Waals surface area contributed by atoms with Gasteiger partial charge in [-0.25, -0.2) is 8.78 Å². The first kappa shape index (κ1) is 18.3. The van der Waals surface area contributed by atoms with Gasteiger partial charge in [-0.1, -0.05) is 11.6 Å². The van der Waals surface area contributed by atoms with Gasteiger partial charge in [0.1, 0.15) is 5.02 Å². The van der Waals surface area contributed by atoms with E-state index in [0.717, 1.165) is 24.3 Å². The van der Waals surface area contributed by atoms with Crippen LogP contribution in [0.25, 0.3) is 0 Å². The van der Waals surface area contributed by atoms with Gasteiger partial charge < -0.3 is 10.6 Å². The van der Waals surface area contributed by atoms with Gasteiger partial charge in [-0.15, -0.1) is 0 Å². The first-order valence-electron chi connectivity index (χ1n) is 6.75. The molecule has 0 atom stereocenters. The lowest BCUT2D eigenvalue weighted by atomic mass is 10.2. The van der Waals surface area contributed by atoms with E-state index >= 15 is 0 Å². The summed E-state index contributed by atoms with van der Waals surface area (Å²) in [5.41, 5.74) is -0.488. The van der Waals surface area contributed by atoms with Crippen molar-refractivity contribution in [2.75, 3.05) is 11.9 Å². The second-order valence-electron chi connectivity index (χ2n) is 4.78. The van der Waals surface area contributed by atoms with Crippen molar-refractivity contribution in [1.82, 2.24) is 5.32 Å². The summed E-state index contributed by atoms with van der Waals surface area (Å²) in [5.74, 6) is -3.62. The fourth-order valence-electron chi connectivity index (χ4n) is 1.84. The van der Waals surface area contributed by atoms with E-state index < -0.39 is 40.6 Å². The van der Waals surface area contributed by atoms with E-state index in [2.05, 4.69) is 10.6 Å². The van der Waals surface area contributed by atoms with Gasteiger partial charge in [0.15, 0.2) is 11.6 Å². The maximum atomic E-state index is 13.0. The van der Waals surface area contributed by atoms with E-state index in [4.69, 9.17) is 11.6 Å². The van der Waals surface area contributed by atoms with E-state index in [9.17, 15) is 28.5 Å². The molecule has 0 spiro atoms. The number of nitro groups is 1. The molecule has 2 rings (SSSR count). The quantitative estimate of drug-likeness (QED) is 0.625. The summed E-state index contributed by atoms with van der Waals surface area (Å²) >= 11 is 5.64. The lowest BCUT2D eigenvalue weighted by Crippen LogP contribution is -2.32. The van der Waals surface area contributed by atoms with Gasteiger partial charge in [0.25, 0.3) is 11.6 Å². The molecule has 130 valence electrons. The molecule has 25 heavy (non-hydrogen) atoms. The summed E-state index contributed by atoms with van der Waals surface area (Å²) in [7, 11) is 0. The summed E-state index contributed by atoms with van der Waals surface area (Å²) in [4.78, 5) is 33.7. The molecule has 2 N–H and O–H groups in total. The molecule has 0 fully saturated rings. The van der Waals surface area contributed by atoms with E-state index in [0.29, 0.717) is 0 Å². The van der Waals surface area contributed by atoms with Gasteiger partial charge in [0.05, 0.1) is 11.5 Å². The third kappa shape index (κ3) is 4.70.